The summed E-state index contributed by atoms with van der Waals surface area (Å²) in [6.07, 6.45) is 1.05. The van der Waals surface area contributed by atoms with E-state index in [4.69, 9.17) is 16.3 Å². The summed E-state index contributed by atoms with van der Waals surface area (Å²) in [5.74, 6) is 0. The van der Waals surface area contributed by atoms with Gasteiger partial charge in [0, 0.05) is 32.6 Å². The highest BCUT2D eigenvalue weighted by Gasteiger charge is 2.30. The van der Waals surface area contributed by atoms with E-state index in [-0.39, 0.29) is 12.6 Å². The van der Waals surface area contributed by atoms with Gasteiger partial charge < -0.3 is 20.5 Å². The Morgan fingerprint density at radius 2 is 2.05 bits per heavy atom. The lowest BCUT2D eigenvalue weighted by Gasteiger charge is -2.32. The molecule has 2 amide bonds. The molecule has 6 heteroatoms. The van der Waals surface area contributed by atoms with E-state index in [1.165, 1.54) is 0 Å². The lowest BCUT2D eigenvalue weighted by molar-refractivity contribution is -0.0598. The number of amides is 2. The number of hydrogen-bond acceptors (Lipinski definition) is 3. The topological polar surface area (TPSA) is 70.6 Å². The summed E-state index contributed by atoms with van der Waals surface area (Å²) in [7, 11) is 0. The summed E-state index contributed by atoms with van der Waals surface area (Å²) in [5, 5.41) is 16.0. The molecule has 0 saturated carbocycles. The molecule has 2 rings (SSSR count). The third-order valence-electron chi connectivity index (χ3n) is 3.12. The number of anilines is 1. The van der Waals surface area contributed by atoms with Crippen LogP contribution < -0.4 is 10.6 Å². The average Bonchev–Trinajstić information content (AvgIpc) is 2.40. The zero-order valence-electron chi connectivity index (χ0n) is 10.5. The van der Waals surface area contributed by atoms with Crippen molar-refractivity contribution in [3.63, 3.8) is 0 Å². The Balaban J connectivity index is 1.83. The molecular formula is C13H17ClN2O3. The first-order chi connectivity index (χ1) is 9.09. The monoisotopic (exact) mass is 284 g/mol. The first-order valence-corrected chi connectivity index (χ1v) is 6.56. The van der Waals surface area contributed by atoms with E-state index in [0.29, 0.717) is 36.8 Å². The van der Waals surface area contributed by atoms with Crippen LogP contribution in [0.25, 0.3) is 0 Å². The minimum Gasteiger partial charge on any atom is -0.388 e. The van der Waals surface area contributed by atoms with Crippen LogP contribution in [0.3, 0.4) is 0 Å². The van der Waals surface area contributed by atoms with Gasteiger partial charge in [-0.2, -0.15) is 0 Å². The summed E-state index contributed by atoms with van der Waals surface area (Å²) in [6.45, 7) is 1.24. The van der Waals surface area contributed by atoms with Crippen LogP contribution in [0.15, 0.2) is 24.3 Å². The van der Waals surface area contributed by atoms with Gasteiger partial charge in [0.15, 0.2) is 0 Å². The Morgan fingerprint density at radius 1 is 1.37 bits per heavy atom. The van der Waals surface area contributed by atoms with Gasteiger partial charge >= 0.3 is 6.03 Å². The van der Waals surface area contributed by atoms with Crippen LogP contribution in [0, 0.1) is 0 Å². The second-order valence-corrected chi connectivity index (χ2v) is 5.03. The van der Waals surface area contributed by atoms with E-state index in [1.54, 1.807) is 24.3 Å². The summed E-state index contributed by atoms with van der Waals surface area (Å²) in [6, 6.07) is 6.60. The molecule has 0 aromatic heterocycles. The molecule has 0 aliphatic carbocycles. The van der Waals surface area contributed by atoms with Crippen molar-refractivity contribution in [3.8, 4) is 0 Å². The van der Waals surface area contributed by atoms with Gasteiger partial charge in [0.1, 0.15) is 0 Å². The lowest BCUT2D eigenvalue weighted by atomic mass is 9.94. The first kappa shape index (κ1) is 14.1. The zero-order valence-corrected chi connectivity index (χ0v) is 11.2. The Bertz CT molecular complexity index is 447. The second kappa shape index (κ2) is 6.23. The molecule has 1 aliphatic heterocycles. The summed E-state index contributed by atoms with van der Waals surface area (Å²) < 4.78 is 5.18. The highest BCUT2D eigenvalue weighted by Crippen LogP contribution is 2.21. The van der Waals surface area contributed by atoms with E-state index in [9.17, 15) is 9.90 Å². The number of halogens is 1. The van der Waals surface area contributed by atoms with Crippen LogP contribution >= 0.6 is 11.6 Å². The van der Waals surface area contributed by atoms with E-state index in [1.807, 2.05) is 0 Å². The number of nitrogens with one attached hydrogen (secondary N) is 2. The van der Waals surface area contributed by atoms with E-state index >= 15 is 0 Å². The lowest BCUT2D eigenvalue weighted by Crippen LogP contribution is -2.47. The van der Waals surface area contributed by atoms with Crippen molar-refractivity contribution in [1.82, 2.24) is 5.32 Å². The van der Waals surface area contributed by atoms with Crippen molar-refractivity contribution < 1.29 is 14.6 Å². The van der Waals surface area contributed by atoms with Crippen molar-refractivity contribution in [3.05, 3.63) is 29.3 Å². The fraction of sp³-hybridized carbons (Fsp3) is 0.462. The number of urea groups is 1. The maximum Gasteiger partial charge on any atom is 0.319 e. The van der Waals surface area contributed by atoms with Gasteiger partial charge in [0.05, 0.1) is 16.3 Å². The van der Waals surface area contributed by atoms with Gasteiger partial charge in [-0.05, 0) is 12.1 Å². The standard InChI is InChI=1S/C13H17ClN2O3/c14-10-3-1-2-4-11(10)16-12(17)15-9-13(18)5-7-19-8-6-13/h1-4,18H,5-9H2,(H2,15,16,17). The Kier molecular flexibility index (Phi) is 4.63. The van der Waals surface area contributed by atoms with Gasteiger partial charge in [-0.25, -0.2) is 4.79 Å². The molecule has 1 aromatic carbocycles. The molecular weight excluding hydrogens is 268 g/mol. The van der Waals surface area contributed by atoms with Gasteiger partial charge in [0.25, 0.3) is 0 Å². The van der Waals surface area contributed by atoms with Crippen LogP contribution in [0.2, 0.25) is 5.02 Å². The third-order valence-corrected chi connectivity index (χ3v) is 3.45. The molecule has 3 N–H and O–H groups in total. The number of para-hydroxylation sites is 1. The number of carbonyl (C=O) groups is 1. The molecule has 0 spiro atoms. The van der Waals surface area contributed by atoms with Gasteiger partial charge in [-0.15, -0.1) is 0 Å². The third kappa shape index (κ3) is 4.09. The van der Waals surface area contributed by atoms with Crippen molar-refractivity contribution in [2.45, 2.75) is 18.4 Å². The van der Waals surface area contributed by atoms with Crippen molar-refractivity contribution in [2.24, 2.45) is 0 Å². The minimum atomic E-state index is -0.879. The fourth-order valence-corrected chi connectivity index (χ4v) is 2.09. The van der Waals surface area contributed by atoms with Gasteiger partial charge in [-0.3, -0.25) is 0 Å². The molecule has 19 heavy (non-hydrogen) atoms. The zero-order chi connectivity index (χ0) is 13.7. The SMILES string of the molecule is O=C(NCC1(O)CCOCC1)Nc1ccccc1Cl. The maximum atomic E-state index is 11.7. The molecule has 0 atom stereocenters. The maximum absolute atomic E-state index is 11.7. The first-order valence-electron chi connectivity index (χ1n) is 6.19. The number of rotatable bonds is 3. The molecule has 1 aliphatic rings. The normalized spacial score (nSPS) is 17.8. The highest BCUT2D eigenvalue weighted by atomic mass is 35.5. The van der Waals surface area contributed by atoms with Crippen molar-refractivity contribution in [1.29, 1.82) is 0 Å². The number of aliphatic hydroxyl groups is 1. The highest BCUT2D eigenvalue weighted by molar-refractivity contribution is 6.33. The van der Waals surface area contributed by atoms with E-state index in [0.717, 1.165) is 0 Å². The molecule has 0 bridgehead atoms. The smallest absolute Gasteiger partial charge is 0.319 e. The predicted octanol–water partition coefficient (Wildman–Crippen LogP) is 2.00. The average molecular weight is 285 g/mol. The quantitative estimate of drug-likeness (QED) is 0.795. The molecule has 1 fully saturated rings. The Labute approximate surface area is 116 Å². The summed E-state index contributed by atoms with van der Waals surface area (Å²) in [4.78, 5) is 11.7. The van der Waals surface area contributed by atoms with Crippen LogP contribution in [0.1, 0.15) is 12.8 Å². The predicted molar refractivity (Wildman–Crippen MR) is 73.5 cm³/mol. The number of hydrogen-bond donors (Lipinski definition) is 3. The number of benzene rings is 1. The van der Waals surface area contributed by atoms with Gasteiger partial charge in [0.2, 0.25) is 0 Å². The largest absolute Gasteiger partial charge is 0.388 e. The molecule has 1 saturated heterocycles. The number of carbonyl (C=O) groups excluding carboxylic acids is 1. The minimum absolute atomic E-state index is 0.201. The number of ether oxygens (including phenoxy) is 1. The van der Waals surface area contributed by atoms with E-state index < -0.39 is 5.60 Å². The van der Waals surface area contributed by atoms with E-state index in [2.05, 4.69) is 10.6 Å². The fourth-order valence-electron chi connectivity index (χ4n) is 1.90. The van der Waals surface area contributed by atoms with Gasteiger partial charge in [-0.1, -0.05) is 23.7 Å². The molecule has 0 radical (unpaired) electrons. The summed E-state index contributed by atoms with van der Waals surface area (Å²) >= 11 is 5.94. The molecule has 1 aromatic rings. The van der Waals surface area contributed by atoms with Crippen molar-refractivity contribution >= 4 is 23.3 Å². The molecule has 1 heterocycles. The van der Waals surface area contributed by atoms with Crippen molar-refractivity contribution in [2.75, 3.05) is 25.1 Å². The Morgan fingerprint density at radius 3 is 2.74 bits per heavy atom. The molecule has 104 valence electrons. The molecule has 5 nitrogen and oxygen atoms in total. The second-order valence-electron chi connectivity index (χ2n) is 4.62. The Hall–Kier alpha value is -1.30. The van der Waals surface area contributed by atoms with Crippen LogP contribution in [-0.2, 0) is 4.74 Å². The summed E-state index contributed by atoms with van der Waals surface area (Å²) in [5.41, 5.74) is -0.337. The van der Waals surface area contributed by atoms with Crippen LogP contribution in [0.5, 0.6) is 0 Å². The van der Waals surface area contributed by atoms with Crippen LogP contribution in [0.4, 0.5) is 10.5 Å². The molecule has 0 unspecified atom stereocenters. The van der Waals surface area contributed by atoms with Crippen LogP contribution in [-0.4, -0.2) is 36.5 Å².